The maximum Gasteiger partial charge on any atom is 0.335 e. The zero-order chi connectivity index (χ0) is 23.8. The lowest BCUT2D eigenvalue weighted by atomic mass is 10.1. The number of carboxylic acids is 1. The van der Waals surface area contributed by atoms with Crippen molar-refractivity contribution in [2.75, 3.05) is 47.8 Å². The van der Waals surface area contributed by atoms with Gasteiger partial charge in [-0.05, 0) is 77.6 Å². The van der Waals surface area contributed by atoms with Gasteiger partial charge >= 0.3 is 5.97 Å². The van der Waals surface area contributed by atoms with Crippen LogP contribution in [0.15, 0.2) is 57.5 Å². The topological polar surface area (TPSA) is 86.9 Å². The summed E-state index contributed by atoms with van der Waals surface area (Å²) in [5.74, 6) is -0.670. The molecule has 0 spiro atoms. The summed E-state index contributed by atoms with van der Waals surface area (Å²) >= 11 is 6.55. The number of hydrogen-bond acceptors (Lipinski definition) is 5. The van der Waals surface area contributed by atoms with E-state index in [4.69, 9.17) is 10.8 Å². The highest BCUT2D eigenvalue weighted by atomic mass is 79.9. The maximum atomic E-state index is 11.7. The van der Waals surface area contributed by atoms with E-state index in [0.29, 0.717) is 12.0 Å². The van der Waals surface area contributed by atoms with Crippen LogP contribution >= 0.6 is 31.9 Å². The van der Waals surface area contributed by atoms with Crippen LogP contribution in [0.3, 0.4) is 0 Å². The second-order valence-corrected chi connectivity index (χ2v) is 9.07. The number of hydrogen-bond donors (Lipinski definition) is 2. The fourth-order valence-electron chi connectivity index (χ4n) is 2.19. The molecule has 0 saturated carbocycles. The van der Waals surface area contributed by atoms with Crippen LogP contribution in [0.1, 0.15) is 33.6 Å². The predicted octanol–water partition coefficient (Wildman–Crippen LogP) is 4.63. The molecule has 0 amide bonds. The van der Waals surface area contributed by atoms with E-state index >= 15 is 0 Å². The molecule has 0 heterocycles. The molecule has 8 heteroatoms. The molecule has 0 aliphatic rings. The summed E-state index contributed by atoms with van der Waals surface area (Å²) in [6, 6.07) is 14.0. The first kappa shape index (κ1) is 29.4. The van der Waals surface area contributed by atoms with Gasteiger partial charge in [-0.1, -0.05) is 44.0 Å². The first-order chi connectivity index (χ1) is 14.6. The molecule has 0 radical (unpaired) electrons. The first-order valence-corrected chi connectivity index (χ1v) is 11.4. The van der Waals surface area contributed by atoms with Crippen LogP contribution in [0.4, 0.5) is 0 Å². The molecule has 3 N–H and O–H groups in total. The van der Waals surface area contributed by atoms with Crippen LogP contribution in [-0.2, 0) is 0 Å². The van der Waals surface area contributed by atoms with Gasteiger partial charge in [0.25, 0.3) is 0 Å². The summed E-state index contributed by atoms with van der Waals surface area (Å²) < 4.78 is 1.89. The molecule has 0 aromatic heterocycles. The van der Waals surface area contributed by atoms with Crippen molar-refractivity contribution in [3.05, 3.63) is 68.6 Å². The molecule has 0 bridgehead atoms. The number of carbonyl (C=O) groups is 2. The minimum atomic E-state index is -0.896. The number of nitrogens with zero attached hydrogens (tertiary/aromatic N) is 2. The van der Waals surface area contributed by atoms with Crippen LogP contribution in [0, 0.1) is 0 Å². The van der Waals surface area contributed by atoms with Crippen molar-refractivity contribution in [1.82, 2.24) is 9.80 Å². The van der Waals surface area contributed by atoms with Gasteiger partial charge in [-0.2, -0.15) is 0 Å². The Morgan fingerprint density at radius 3 is 1.55 bits per heavy atom. The molecule has 172 valence electrons. The molecular formula is C23H33Br2N3O3. The van der Waals surface area contributed by atoms with Gasteiger partial charge in [0.05, 0.1) is 5.56 Å². The number of carboxylic acid groups (broad SMARTS) is 1. The number of aromatic carboxylic acids is 1. The number of benzene rings is 2. The van der Waals surface area contributed by atoms with E-state index in [1.54, 1.807) is 24.3 Å². The van der Waals surface area contributed by atoms with Gasteiger partial charge < -0.3 is 20.6 Å². The molecule has 0 atom stereocenters. The van der Waals surface area contributed by atoms with E-state index in [-0.39, 0.29) is 5.78 Å². The average Bonchev–Trinajstić information content (AvgIpc) is 2.69. The fraction of sp³-hybridized carbons (Fsp3) is 0.391. The summed E-state index contributed by atoms with van der Waals surface area (Å²) in [7, 11) is 8.05. The summed E-state index contributed by atoms with van der Waals surface area (Å²) in [6.45, 7) is 2.70. The van der Waals surface area contributed by atoms with E-state index in [1.807, 2.05) is 52.5 Å². The van der Waals surface area contributed by atoms with Gasteiger partial charge in [-0.15, -0.1) is 0 Å². The summed E-state index contributed by atoms with van der Waals surface area (Å²) in [5.41, 5.74) is 6.30. The molecule has 0 unspecified atom stereocenters. The Morgan fingerprint density at radius 2 is 1.23 bits per heavy atom. The standard InChI is InChI=1S/C12H16BrNO.C7H5BrO2.C4H12N2/c1-14(2)9-3-4-12(15)10-5-7-11(13)8-6-10;8-6-3-1-5(2-4-6)7(9)10;1-6(2)4-3-5/h5-8H,3-4,9H2,1-2H3;1-4H,(H,9,10);3-5H2,1-2H3. The van der Waals surface area contributed by atoms with E-state index in [1.165, 1.54) is 0 Å². The molecule has 31 heavy (non-hydrogen) atoms. The fourth-order valence-corrected chi connectivity index (χ4v) is 2.72. The zero-order valence-electron chi connectivity index (χ0n) is 18.6. The lowest BCUT2D eigenvalue weighted by Gasteiger charge is -2.08. The Bertz CT molecular complexity index is 765. The van der Waals surface area contributed by atoms with Crippen molar-refractivity contribution in [3.8, 4) is 0 Å². The normalized spacial score (nSPS) is 10.1. The van der Waals surface area contributed by atoms with Crippen LogP contribution in [0.5, 0.6) is 0 Å². The number of rotatable bonds is 8. The van der Waals surface area contributed by atoms with E-state index < -0.39 is 5.97 Å². The molecule has 0 saturated heterocycles. The third-order valence-corrected chi connectivity index (χ3v) is 4.90. The smallest absolute Gasteiger partial charge is 0.335 e. The van der Waals surface area contributed by atoms with Crippen molar-refractivity contribution in [3.63, 3.8) is 0 Å². The zero-order valence-corrected chi connectivity index (χ0v) is 21.8. The van der Waals surface area contributed by atoms with E-state index in [0.717, 1.165) is 40.6 Å². The summed E-state index contributed by atoms with van der Waals surface area (Å²) in [5, 5.41) is 8.46. The third-order valence-electron chi connectivity index (χ3n) is 3.84. The molecule has 2 aromatic rings. The number of ketones is 1. The summed E-state index contributed by atoms with van der Waals surface area (Å²) in [6.07, 6.45) is 1.54. The number of nitrogens with two attached hydrogens (primary N) is 1. The maximum absolute atomic E-state index is 11.7. The van der Waals surface area contributed by atoms with Gasteiger partial charge in [-0.25, -0.2) is 4.79 Å². The molecular weight excluding hydrogens is 526 g/mol. The Hall–Kier alpha value is -1.58. The Morgan fingerprint density at radius 1 is 0.806 bits per heavy atom. The number of halogens is 2. The number of likely N-dealkylation sites (N-methyl/N-ethyl adjacent to an activating group) is 1. The lowest BCUT2D eigenvalue weighted by Crippen LogP contribution is -2.20. The average molecular weight is 559 g/mol. The Labute approximate surface area is 202 Å². The molecule has 2 rings (SSSR count). The van der Waals surface area contributed by atoms with Gasteiger partial charge in [0, 0.05) is 34.0 Å². The minimum Gasteiger partial charge on any atom is -0.478 e. The summed E-state index contributed by atoms with van der Waals surface area (Å²) in [4.78, 5) is 26.1. The van der Waals surface area contributed by atoms with Gasteiger partial charge in [-0.3, -0.25) is 4.79 Å². The Balaban J connectivity index is 0.000000484. The van der Waals surface area contributed by atoms with Crippen LogP contribution in [0.25, 0.3) is 0 Å². The van der Waals surface area contributed by atoms with Crippen molar-refractivity contribution in [2.45, 2.75) is 12.8 Å². The molecule has 0 fully saturated rings. The van der Waals surface area contributed by atoms with Crippen LogP contribution in [0.2, 0.25) is 0 Å². The molecule has 0 aliphatic carbocycles. The quantitative estimate of drug-likeness (QED) is 0.459. The number of Topliss-reactive ketones (excluding diaryl/α,β-unsaturated/α-hetero) is 1. The monoisotopic (exact) mass is 557 g/mol. The first-order valence-electron chi connectivity index (χ1n) is 9.84. The second-order valence-electron chi connectivity index (χ2n) is 7.24. The highest BCUT2D eigenvalue weighted by Crippen LogP contribution is 2.12. The van der Waals surface area contributed by atoms with Crippen molar-refractivity contribution >= 4 is 43.6 Å². The Kier molecular flexibility index (Phi) is 16.2. The van der Waals surface area contributed by atoms with Gasteiger partial charge in [0.1, 0.15) is 0 Å². The third kappa shape index (κ3) is 15.8. The number of carbonyl (C=O) groups excluding carboxylic acids is 1. The highest BCUT2D eigenvalue weighted by molar-refractivity contribution is 9.10. The van der Waals surface area contributed by atoms with E-state index in [2.05, 4.69) is 41.7 Å². The predicted molar refractivity (Wildman–Crippen MR) is 135 cm³/mol. The molecule has 6 nitrogen and oxygen atoms in total. The minimum absolute atomic E-state index is 0.226. The van der Waals surface area contributed by atoms with Crippen LogP contribution < -0.4 is 5.73 Å². The van der Waals surface area contributed by atoms with Crippen molar-refractivity contribution in [2.24, 2.45) is 5.73 Å². The largest absolute Gasteiger partial charge is 0.478 e. The lowest BCUT2D eigenvalue weighted by molar-refractivity contribution is 0.0696. The molecule has 0 aliphatic heterocycles. The highest BCUT2D eigenvalue weighted by Gasteiger charge is 2.05. The van der Waals surface area contributed by atoms with Crippen LogP contribution in [-0.4, -0.2) is 74.5 Å². The van der Waals surface area contributed by atoms with Crippen molar-refractivity contribution < 1.29 is 14.7 Å². The van der Waals surface area contributed by atoms with E-state index in [9.17, 15) is 9.59 Å². The van der Waals surface area contributed by atoms with Crippen molar-refractivity contribution in [1.29, 1.82) is 0 Å². The second kappa shape index (κ2) is 17.0. The van der Waals surface area contributed by atoms with Gasteiger partial charge in [0.15, 0.2) is 5.78 Å². The SMILES string of the molecule is CN(C)CCCC(=O)c1ccc(Br)cc1.CN(C)CCN.O=C(O)c1ccc(Br)cc1. The van der Waals surface area contributed by atoms with Gasteiger partial charge in [0.2, 0.25) is 0 Å². The molecule has 2 aromatic carbocycles.